The summed E-state index contributed by atoms with van der Waals surface area (Å²) in [5.74, 6) is -2.20. The maximum Gasteiger partial charge on any atom is 0.344 e. The summed E-state index contributed by atoms with van der Waals surface area (Å²) >= 11 is 5.71. The predicted octanol–water partition coefficient (Wildman–Crippen LogP) is 4.25. The topological polar surface area (TPSA) is 106 Å². The van der Waals surface area contributed by atoms with Gasteiger partial charge in [-0.3, -0.25) is 14.4 Å². The number of aromatic nitrogens is 1. The van der Waals surface area contributed by atoms with Gasteiger partial charge in [0.05, 0.1) is 23.2 Å². The average Bonchev–Trinajstić information content (AvgIpc) is 3.33. The number of aryl methyl sites for hydroxylation is 1. The summed E-state index contributed by atoms with van der Waals surface area (Å²) in [5, 5.41) is -0.155. The van der Waals surface area contributed by atoms with Crippen molar-refractivity contribution < 1.29 is 23.9 Å². The Kier molecular flexibility index (Phi) is 6.80. The molecule has 0 spiro atoms. The van der Waals surface area contributed by atoms with E-state index < -0.39 is 23.1 Å². The summed E-state index contributed by atoms with van der Waals surface area (Å²) in [5.41, 5.74) is 2.13. The van der Waals surface area contributed by atoms with Gasteiger partial charge in [0.1, 0.15) is 11.0 Å². The minimum absolute atomic E-state index is 0.227. The molecule has 3 atom stereocenters. The van der Waals surface area contributed by atoms with Gasteiger partial charge in [0.15, 0.2) is 6.61 Å². The number of rotatable bonds is 6. The molecule has 0 saturated carbocycles. The molecule has 2 amide bonds. The molecule has 1 aromatic heterocycles. The number of hydrogen-bond acceptors (Lipinski definition) is 8. The molecule has 2 aliphatic heterocycles. The van der Waals surface area contributed by atoms with Crippen LogP contribution in [0.25, 0.3) is 0 Å². The average molecular weight is 589 g/mol. The molecule has 0 aliphatic carbocycles. The monoisotopic (exact) mass is 588 g/mol. The summed E-state index contributed by atoms with van der Waals surface area (Å²) in [7, 11) is 0. The van der Waals surface area contributed by atoms with E-state index in [2.05, 4.69) is 20.9 Å². The van der Waals surface area contributed by atoms with Crippen molar-refractivity contribution in [2.24, 2.45) is 5.92 Å². The predicted molar refractivity (Wildman–Crippen MR) is 140 cm³/mol. The molecular formula is C25H21BrN2O6S2. The highest BCUT2D eigenvalue weighted by Crippen LogP contribution is 2.54. The van der Waals surface area contributed by atoms with Crippen LogP contribution in [-0.2, 0) is 19.1 Å². The van der Waals surface area contributed by atoms with Gasteiger partial charge in [0.2, 0.25) is 11.8 Å². The van der Waals surface area contributed by atoms with E-state index in [9.17, 15) is 19.2 Å². The zero-order valence-corrected chi connectivity index (χ0v) is 22.5. The number of ether oxygens (including phenoxy) is 2. The highest BCUT2D eigenvalue weighted by Gasteiger charge is 2.56. The minimum atomic E-state index is -0.762. The van der Waals surface area contributed by atoms with Gasteiger partial charge in [-0.05, 0) is 44.2 Å². The van der Waals surface area contributed by atoms with Crippen LogP contribution in [0.3, 0.4) is 0 Å². The SMILES string of the molecule is CCOC(=O)COc1ccc(Br)cc1C1c2sc(=O)[nH]c2SC2C(=O)N(c3ccc(C)cc3)C(=O)C21. The van der Waals surface area contributed by atoms with E-state index in [1.54, 1.807) is 37.3 Å². The lowest BCUT2D eigenvalue weighted by atomic mass is 9.82. The number of esters is 1. The van der Waals surface area contributed by atoms with Gasteiger partial charge in [-0.15, -0.1) is 0 Å². The van der Waals surface area contributed by atoms with E-state index in [0.29, 0.717) is 26.9 Å². The first-order valence-electron chi connectivity index (χ1n) is 11.2. The standard InChI is InChI=1S/C25H21BrN2O6S2/c1-3-33-17(29)11-34-16-9-6-13(26)10-15(16)18-19-21(35-22-20(18)36-25(32)27-22)24(31)28(23(19)30)14-7-4-12(2)5-8-14/h4-10,18-19,21H,3,11H2,1-2H3,(H,27,32). The van der Waals surface area contributed by atoms with Gasteiger partial charge in [0, 0.05) is 20.8 Å². The Morgan fingerprint density at radius 2 is 1.86 bits per heavy atom. The fraction of sp³-hybridized carbons (Fsp3) is 0.280. The van der Waals surface area contributed by atoms with Crippen molar-refractivity contribution >= 4 is 62.5 Å². The molecule has 36 heavy (non-hydrogen) atoms. The highest BCUT2D eigenvalue weighted by molar-refractivity contribution is 9.10. The molecule has 11 heteroatoms. The van der Waals surface area contributed by atoms with Gasteiger partial charge in [-0.2, -0.15) is 0 Å². The lowest BCUT2D eigenvalue weighted by Gasteiger charge is -2.31. The lowest BCUT2D eigenvalue weighted by molar-refractivity contribution is -0.145. The van der Waals surface area contributed by atoms with Crippen LogP contribution >= 0.6 is 39.0 Å². The minimum Gasteiger partial charge on any atom is -0.482 e. The van der Waals surface area contributed by atoms with Crippen LogP contribution in [0, 0.1) is 12.8 Å². The molecule has 0 radical (unpaired) electrons. The third-order valence-corrected chi connectivity index (χ3v) is 8.97. The van der Waals surface area contributed by atoms with Gasteiger partial charge in [-0.1, -0.05) is 56.7 Å². The molecule has 1 saturated heterocycles. The van der Waals surface area contributed by atoms with Crippen LogP contribution in [0.15, 0.2) is 56.8 Å². The van der Waals surface area contributed by atoms with Crippen LogP contribution < -0.4 is 14.5 Å². The van der Waals surface area contributed by atoms with Crippen molar-refractivity contribution in [2.75, 3.05) is 18.1 Å². The number of carbonyl (C=O) groups is 3. The first kappa shape index (κ1) is 24.8. The number of H-pyrrole nitrogens is 1. The van der Waals surface area contributed by atoms with Crippen molar-refractivity contribution in [3.63, 3.8) is 0 Å². The number of thiazole rings is 1. The molecular weight excluding hydrogens is 568 g/mol. The smallest absolute Gasteiger partial charge is 0.344 e. The summed E-state index contributed by atoms with van der Waals surface area (Å²) < 4.78 is 11.5. The van der Waals surface area contributed by atoms with E-state index in [-0.39, 0.29) is 29.9 Å². The number of nitrogens with one attached hydrogen (secondary N) is 1. The zero-order valence-electron chi connectivity index (χ0n) is 19.3. The van der Waals surface area contributed by atoms with Crippen molar-refractivity contribution in [3.05, 3.63) is 72.6 Å². The highest BCUT2D eigenvalue weighted by atomic mass is 79.9. The lowest BCUT2D eigenvalue weighted by Crippen LogP contribution is -2.32. The second-order valence-corrected chi connectivity index (χ2v) is 11.5. The van der Waals surface area contributed by atoms with E-state index in [1.807, 2.05) is 19.1 Å². The number of amides is 2. The van der Waals surface area contributed by atoms with Crippen LogP contribution in [-0.4, -0.2) is 41.2 Å². The number of imide groups is 1. The first-order chi connectivity index (χ1) is 17.3. The van der Waals surface area contributed by atoms with Gasteiger partial charge in [-0.25, -0.2) is 9.69 Å². The van der Waals surface area contributed by atoms with Crippen LogP contribution in [0.2, 0.25) is 0 Å². The largest absolute Gasteiger partial charge is 0.482 e. The molecule has 8 nitrogen and oxygen atoms in total. The Bertz CT molecular complexity index is 1420. The van der Waals surface area contributed by atoms with Crippen molar-refractivity contribution in [1.29, 1.82) is 0 Å². The Morgan fingerprint density at radius 3 is 2.58 bits per heavy atom. The number of anilines is 1. The van der Waals surface area contributed by atoms with E-state index >= 15 is 0 Å². The number of halogens is 1. The normalized spacial score (nSPS) is 20.8. The Labute approximate surface area is 223 Å². The summed E-state index contributed by atoms with van der Waals surface area (Å²) in [6.07, 6.45) is 0. The fourth-order valence-electron chi connectivity index (χ4n) is 4.53. The molecule has 3 aromatic rings. The van der Waals surface area contributed by atoms with E-state index in [4.69, 9.17) is 9.47 Å². The van der Waals surface area contributed by atoms with E-state index in [1.165, 1.54) is 16.7 Å². The summed E-state index contributed by atoms with van der Waals surface area (Å²) in [4.78, 5) is 56.2. The molecule has 0 bridgehead atoms. The Balaban J connectivity index is 1.61. The van der Waals surface area contributed by atoms with Gasteiger partial charge < -0.3 is 14.5 Å². The van der Waals surface area contributed by atoms with Crippen LogP contribution in [0.5, 0.6) is 5.75 Å². The number of benzene rings is 2. The van der Waals surface area contributed by atoms with E-state index in [0.717, 1.165) is 21.4 Å². The van der Waals surface area contributed by atoms with Crippen molar-refractivity contribution in [1.82, 2.24) is 4.98 Å². The number of thioether (sulfide) groups is 1. The third-order valence-electron chi connectivity index (χ3n) is 6.07. The molecule has 1 N–H and O–H groups in total. The third kappa shape index (κ3) is 4.39. The molecule has 2 aromatic carbocycles. The number of fused-ring (bicyclic) bond motifs is 2. The molecule has 186 valence electrons. The Morgan fingerprint density at radius 1 is 1.11 bits per heavy atom. The van der Waals surface area contributed by atoms with Crippen LogP contribution in [0.4, 0.5) is 5.69 Å². The van der Waals surface area contributed by atoms with Gasteiger partial charge in [0.25, 0.3) is 0 Å². The molecule has 5 rings (SSSR count). The Hall–Kier alpha value is -2.89. The summed E-state index contributed by atoms with van der Waals surface area (Å²) in [6, 6.07) is 12.5. The molecule has 3 unspecified atom stereocenters. The number of nitrogens with zero attached hydrogens (tertiary/aromatic N) is 1. The first-order valence-corrected chi connectivity index (χ1v) is 13.7. The van der Waals surface area contributed by atoms with Crippen molar-refractivity contribution in [2.45, 2.75) is 30.0 Å². The van der Waals surface area contributed by atoms with Crippen molar-refractivity contribution in [3.8, 4) is 5.75 Å². The molecule has 3 heterocycles. The number of carbonyl (C=O) groups excluding carboxylic acids is 3. The second-order valence-electron chi connectivity index (χ2n) is 8.37. The maximum atomic E-state index is 13.9. The second kappa shape index (κ2) is 9.87. The number of aromatic amines is 1. The number of hydrogen-bond donors (Lipinski definition) is 1. The van der Waals surface area contributed by atoms with Crippen LogP contribution in [0.1, 0.15) is 28.8 Å². The quantitative estimate of drug-likeness (QED) is 0.339. The molecule has 2 aliphatic rings. The maximum absolute atomic E-state index is 13.9. The summed E-state index contributed by atoms with van der Waals surface area (Å²) in [6.45, 7) is 3.56. The molecule has 1 fully saturated rings. The fourth-order valence-corrected chi connectivity index (χ4v) is 7.42. The van der Waals surface area contributed by atoms with Gasteiger partial charge >= 0.3 is 10.8 Å². The zero-order chi connectivity index (χ0) is 25.6.